The van der Waals surface area contributed by atoms with Crippen molar-refractivity contribution in [1.29, 1.82) is 5.26 Å². The second-order valence-corrected chi connectivity index (χ2v) is 3.18. The molecule has 72 valence electrons. The first kappa shape index (κ1) is 10.7. The van der Waals surface area contributed by atoms with Crippen molar-refractivity contribution in [3.05, 3.63) is 35.4 Å². The molecule has 3 heteroatoms. The van der Waals surface area contributed by atoms with Crippen LogP contribution in [0.2, 0.25) is 0 Å². The first-order valence-corrected chi connectivity index (χ1v) is 4.86. The molecule has 0 aliphatic heterocycles. The second-order valence-electron chi connectivity index (χ2n) is 2.91. The molecule has 0 N–H and O–H groups in total. The zero-order valence-electron chi connectivity index (χ0n) is 7.66. The topological polar surface area (TPSA) is 40.9 Å². The van der Waals surface area contributed by atoms with Crippen LogP contribution in [0.15, 0.2) is 24.3 Å². The van der Waals surface area contributed by atoms with Crippen LogP contribution in [0.3, 0.4) is 0 Å². The van der Waals surface area contributed by atoms with Crippen LogP contribution < -0.4 is 0 Å². The van der Waals surface area contributed by atoms with Gasteiger partial charge in [-0.05, 0) is 5.56 Å². The van der Waals surface area contributed by atoms with E-state index in [0.717, 1.165) is 5.56 Å². The van der Waals surface area contributed by atoms with E-state index >= 15 is 0 Å². The van der Waals surface area contributed by atoms with Crippen LogP contribution >= 0.6 is 11.6 Å². The van der Waals surface area contributed by atoms with Crippen molar-refractivity contribution in [3.8, 4) is 6.07 Å². The summed E-state index contributed by atoms with van der Waals surface area (Å²) < 4.78 is 0. The summed E-state index contributed by atoms with van der Waals surface area (Å²) in [7, 11) is 0. The highest BCUT2D eigenvalue weighted by Gasteiger charge is 2.04. The van der Waals surface area contributed by atoms with Crippen molar-refractivity contribution in [1.82, 2.24) is 0 Å². The van der Waals surface area contributed by atoms with Crippen LogP contribution in [-0.4, -0.2) is 5.78 Å². The summed E-state index contributed by atoms with van der Waals surface area (Å²) >= 11 is 5.61. The van der Waals surface area contributed by atoms with E-state index in [2.05, 4.69) is 0 Å². The lowest BCUT2D eigenvalue weighted by Gasteiger charge is -1.99. The zero-order chi connectivity index (χ0) is 10.4. The van der Waals surface area contributed by atoms with Gasteiger partial charge in [-0.3, -0.25) is 4.79 Å². The number of hydrogen-bond donors (Lipinski definition) is 0. The fourth-order valence-electron chi connectivity index (χ4n) is 1.09. The van der Waals surface area contributed by atoms with Gasteiger partial charge in [0.1, 0.15) is 0 Å². The van der Waals surface area contributed by atoms with E-state index in [1.54, 1.807) is 12.1 Å². The molecule has 1 aromatic rings. The molecule has 0 fully saturated rings. The average molecular weight is 208 g/mol. The number of nitrogens with zero attached hydrogens (tertiary/aromatic N) is 1. The molecule has 2 nitrogen and oxygen atoms in total. The number of nitriles is 1. The summed E-state index contributed by atoms with van der Waals surface area (Å²) in [6.07, 6.45) is 0.562. The van der Waals surface area contributed by atoms with Gasteiger partial charge < -0.3 is 0 Å². The minimum Gasteiger partial charge on any atom is -0.294 e. The number of alkyl halides is 1. The molecule has 0 aliphatic carbocycles. The summed E-state index contributed by atoms with van der Waals surface area (Å²) in [5.41, 5.74) is 1.64. The Balaban J connectivity index is 2.67. The van der Waals surface area contributed by atoms with Crippen LogP contribution in [-0.2, 0) is 5.88 Å². The Morgan fingerprint density at radius 3 is 2.50 bits per heavy atom. The molecule has 0 radical (unpaired) electrons. The van der Waals surface area contributed by atoms with Gasteiger partial charge in [0, 0.05) is 24.3 Å². The summed E-state index contributed by atoms with van der Waals surface area (Å²) in [4.78, 5) is 11.4. The Labute approximate surface area is 88.1 Å². The van der Waals surface area contributed by atoms with E-state index in [1.807, 2.05) is 18.2 Å². The smallest absolute Gasteiger partial charge is 0.163 e. The maximum absolute atomic E-state index is 11.4. The molecule has 0 aromatic heterocycles. The van der Waals surface area contributed by atoms with Gasteiger partial charge in [0.25, 0.3) is 0 Å². The third kappa shape index (κ3) is 2.86. The average Bonchev–Trinajstić information content (AvgIpc) is 2.26. The van der Waals surface area contributed by atoms with Crippen molar-refractivity contribution in [2.24, 2.45) is 0 Å². The van der Waals surface area contributed by atoms with Gasteiger partial charge in [0.2, 0.25) is 0 Å². The van der Waals surface area contributed by atoms with E-state index in [1.165, 1.54) is 0 Å². The summed E-state index contributed by atoms with van der Waals surface area (Å²) in [5, 5.41) is 8.32. The predicted octanol–water partition coefficient (Wildman–Crippen LogP) is 2.91. The van der Waals surface area contributed by atoms with Crippen molar-refractivity contribution in [3.63, 3.8) is 0 Å². The normalized spacial score (nSPS) is 9.43. The number of Topliss-reactive ketones (excluding diaryl/α,β-unsaturated/α-hetero) is 1. The number of ketones is 1. The molecule has 0 bridgehead atoms. The Kier molecular flexibility index (Phi) is 4.15. The lowest BCUT2D eigenvalue weighted by atomic mass is 10.1. The molecule has 0 unspecified atom stereocenters. The van der Waals surface area contributed by atoms with Crippen LogP contribution in [0.5, 0.6) is 0 Å². The molecule has 0 atom stereocenters. The lowest BCUT2D eigenvalue weighted by Crippen LogP contribution is -1.98. The van der Waals surface area contributed by atoms with Gasteiger partial charge in [-0.25, -0.2) is 0 Å². The van der Waals surface area contributed by atoms with Gasteiger partial charge in [-0.15, -0.1) is 11.6 Å². The van der Waals surface area contributed by atoms with E-state index < -0.39 is 0 Å². The van der Waals surface area contributed by atoms with Crippen LogP contribution in [0.25, 0.3) is 0 Å². The molecule has 0 saturated heterocycles. The highest BCUT2D eigenvalue weighted by molar-refractivity contribution is 6.17. The second kappa shape index (κ2) is 5.41. The van der Waals surface area contributed by atoms with Crippen LogP contribution in [0.4, 0.5) is 0 Å². The molecule has 1 rings (SSSR count). The van der Waals surface area contributed by atoms with E-state index in [-0.39, 0.29) is 18.6 Å². The third-order valence-electron chi connectivity index (χ3n) is 1.89. The molecule has 0 aliphatic rings. The Bertz CT molecular complexity index is 351. The van der Waals surface area contributed by atoms with Crippen molar-refractivity contribution >= 4 is 17.4 Å². The largest absolute Gasteiger partial charge is 0.294 e. The van der Waals surface area contributed by atoms with E-state index in [0.29, 0.717) is 11.4 Å². The number of carbonyl (C=O) groups excluding carboxylic acids is 1. The molecule has 1 aromatic carbocycles. The molecular weight excluding hydrogens is 198 g/mol. The first-order valence-electron chi connectivity index (χ1n) is 4.33. The number of benzene rings is 1. The lowest BCUT2D eigenvalue weighted by molar-refractivity contribution is 0.0984. The fourth-order valence-corrected chi connectivity index (χ4v) is 1.27. The maximum atomic E-state index is 11.4. The standard InChI is InChI=1S/C11H10ClNO/c12-8-9-3-5-10(6-4-9)11(14)2-1-7-13/h3-6H,1-2,8H2. The van der Waals surface area contributed by atoms with Crippen LogP contribution in [0.1, 0.15) is 28.8 Å². The third-order valence-corrected chi connectivity index (χ3v) is 2.20. The van der Waals surface area contributed by atoms with Crippen molar-refractivity contribution in [2.45, 2.75) is 18.7 Å². The van der Waals surface area contributed by atoms with Gasteiger partial charge in [-0.2, -0.15) is 5.26 Å². The molecular formula is C11H10ClNO. The monoisotopic (exact) mass is 207 g/mol. The van der Waals surface area contributed by atoms with Gasteiger partial charge in [0.15, 0.2) is 5.78 Å². The fraction of sp³-hybridized carbons (Fsp3) is 0.273. The molecule has 0 amide bonds. The minimum absolute atomic E-state index is 0.00710. The molecule has 14 heavy (non-hydrogen) atoms. The quantitative estimate of drug-likeness (QED) is 0.563. The molecule has 0 saturated carbocycles. The SMILES string of the molecule is N#CCCC(=O)c1ccc(CCl)cc1. The van der Waals surface area contributed by atoms with Crippen molar-refractivity contribution in [2.75, 3.05) is 0 Å². The molecule has 0 heterocycles. The number of carbonyl (C=O) groups is 1. The minimum atomic E-state index is 0.00710. The first-order chi connectivity index (χ1) is 6.77. The number of halogens is 1. The highest BCUT2D eigenvalue weighted by Crippen LogP contribution is 2.09. The number of hydrogen-bond acceptors (Lipinski definition) is 2. The Morgan fingerprint density at radius 2 is 2.00 bits per heavy atom. The van der Waals surface area contributed by atoms with Gasteiger partial charge >= 0.3 is 0 Å². The van der Waals surface area contributed by atoms with Gasteiger partial charge in [0.05, 0.1) is 6.07 Å². The van der Waals surface area contributed by atoms with E-state index in [9.17, 15) is 4.79 Å². The maximum Gasteiger partial charge on any atom is 0.163 e. The summed E-state index contributed by atoms with van der Waals surface area (Å²) in [5.74, 6) is 0.458. The Morgan fingerprint density at radius 1 is 1.36 bits per heavy atom. The van der Waals surface area contributed by atoms with Crippen LogP contribution in [0, 0.1) is 11.3 Å². The summed E-state index contributed by atoms with van der Waals surface area (Å²) in [6.45, 7) is 0. The van der Waals surface area contributed by atoms with E-state index in [4.69, 9.17) is 16.9 Å². The predicted molar refractivity (Wildman–Crippen MR) is 55.2 cm³/mol. The van der Waals surface area contributed by atoms with Crippen molar-refractivity contribution < 1.29 is 4.79 Å². The zero-order valence-corrected chi connectivity index (χ0v) is 8.42. The number of rotatable bonds is 4. The summed E-state index contributed by atoms with van der Waals surface area (Å²) in [6, 6.07) is 9.10. The Hall–Kier alpha value is -1.33. The van der Waals surface area contributed by atoms with Gasteiger partial charge in [-0.1, -0.05) is 24.3 Å². The molecule has 0 spiro atoms. The highest BCUT2D eigenvalue weighted by atomic mass is 35.5.